The number of halogens is 5. The molecule has 0 amide bonds. The molecule has 6 unspecified atom stereocenters. The van der Waals surface area contributed by atoms with E-state index in [-0.39, 0.29) is 12.5 Å². The minimum Gasteiger partial charge on any atom is -0.461 e. The molecule has 6 atom stereocenters. The van der Waals surface area contributed by atoms with Crippen molar-refractivity contribution in [3.8, 4) is 0 Å². The summed E-state index contributed by atoms with van der Waals surface area (Å²) in [4.78, 5) is 37.3. The van der Waals surface area contributed by atoms with Crippen LogP contribution in [-0.4, -0.2) is 36.0 Å². The molecule has 1 aliphatic heterocycles. The molecular formula is C21H19F2I3O6. The molecule has 174 valence electrons. The Hall–Kier alpha value is -0.320. The van der Waals surface area contributed by atoms with Gasteiger partial charge in [0.15, 0.2) is 0 Å². The van der Waals surface area contributed by atoms with Gasteiger partial charge in [0.05, 0.1) is 11.8 Å². The van der Waals surface area contributed by atoms with Crippen LogP contribution in [0.5, 0.6) is 0 Å². The zero-order valence-corrected chi connectivity index (χ0v) is 23.7. The van der Waals surface area contributed by atoms with E-state index in [1.807, 2.05) is 13.8 Å². The van der Waals surface area contributed by atoms with Gasteiger partial charge in [-0.25, -0.2) is 4.79 Å². The number of benzene rings is 1. The number of fused-ring (bicyclic) bond motifs is 1. The third-order valence-corrected chi connectivity index (χ3v) is 11.9. The van der Waals surface area contributed by atoms with Crippen molar-refractivity contribution in [3.05, 3.63) is 27.4 Å². The number of esters is 3. The first kappa shape index (κ1) is 24.8. The number of ether oxygens (including phenoxy) is 3. The highest BCUT2D eigenvalue weighted by Crippen LogP contribution is 2.59. The molecule has 2 aliphatic carbocycles. The normalized spacial score (nSPS) is 30.4. The summed E-state index contributed by atoms with van der Waals surface area (Å²) in [6.07, 6.45) is -1.45. The first-order valence-corrected chi connectivity index (χ1v) is 13.2. The standard InChI is InChI=1S/C21H19F2I3O6/c1-6-10(13(24)7(2)15(26)14(6)25)5-30-18(27)11-8-4-9-12(11)19(28)31-16(9)17(8)32-20(29)21(3,22)23/h8-9,11-12,16-17H,4-5H2,1-3H3. The molecule has 3 fully saturated rings. The SMILES string of the molecule is Cc1c(I)c(I)c(C)c(COC(=O)C2C3CC4C(OC(=O)C42)C3OC(=O)C(C)(F)F)c1I. The van der Waals surface area contributed by atoms with Gasteiger partial charge < -0.3 is 14.2 Å². The topological polar surface area (TPSA) is 78.9 Å². The highest BCUT2D eigenvalue weighted by molar-refractivity contribution is 14.1. The second-order valence-corrected chi connectivity index (χ2v) is 11.8. The molecule has 1 heterocycles. The highest BCUT2D eigenvalue weighted by atomic mass is 127. The lowest BCUT2D eigenvalue weighted by molar-refractivity contribution is -0.186. The van der Waals surface area contributed by atoms with E-state index in [0.717, 1.165) is 27.4 Å². The van der Waals surface area contributed by atoms with Gasteiger partial charge in [-0.05, 0) is 99.2 Å². The Balaban J connectivity index is 1.55. The van der Waals surface area contributed by atoms with Gasteiger partial charge in [-0.15, -0.1) is 0 Å². The molecule has 0 N–H and O–H groups in total. The monoisotopic (exact) mass is 786 g/mol. The molecule has 2 bridgehead atoms. The van der Waals surface area contributed by atoms with E-state index in [1.165, 1.54) is 0 Å². The van der Waals surface area contributed by atoms with Crippen molar-refractivity contribution in [1.29, 1.82) is 0 Å². The third-order valence-electron chi connectivity index (χ3n) is 6.68. The van der Waals surface area contributed by atoms with Gasteiger partial charge in [-0.1, -0.05) is 0 Å². The first-order chi connectivity index (χ1) is 14.8. The molecule has 0 aromatic heterocycles. The average molecular weight is 786 g/mol. The smallest absolute Gasteiger partial charge is 0.377 e. The lowest BCUT2D eigenvalue weighted by atomic mass is 9.78. The van der Waals surface area contributed by atoms with Crippen molar-refractivity contribution >= 4 is 85.7 Å². The minimum absolute atomic E-state index is 0.0350. The maximum absolute atomic E-state index is 13.4. The summed E-state index contributed by atoms with van der Waals surface area (Å²) in [7, 11) is 0. The summed E-state index contributed by atoms with van der Waals surface area (Å²) in [6, 6.07) is 0. The van der Waals surface area contributed by atoms with Gasteiger partial charge in [0.2, 0.25) is 0 Å². The molecule has 3 aliphatic rings. The van der Waals surface area contributed by atoms with Crippen LogP contribution in [0.1, 0.15) is 30.0 Å². The van der Waals surface area contributed by atoms with Crippen LogP contribution in [0.3, 0.4) is 0 Å². The summed E-state index contributed by atoms with van der Waals surface area (Å²) < 4.78 is 46.0. The zero-order chi connectivity index (χ0) is 23.7. The molecule has 6 nitrogen and oxygen atoms in total. The maximum atomic E-state index is 13.4. The highest BCUT2D eigenvalue weighted by Gasteiger charge is 2.70. The number of carbonyl (C=O) groups is 3. The molecule has 1 saturated heterocycles. The van der Waals surface area contributed by atoms with Crippen LogP contribution in [0, 0.1) is 48.2 Å². The lowest BCUT2D eigenvalue weighted by Gasteiger charge is -2.30. The summed E-state index contributed by atoms with van der Waals surface area (Å²) >= 11 is 6.78. The van der Waals surface area contributed by atoms with Crippen LogP contribution in [0.2, 0.25) is 0 Å². The van der Waals surface area contributed by atoms with Crippen molar-refractivity contribution in [2.75, 3.05) is 0 Å². The van der Waals surface area contributed by atoms with Crippen LogP contribution in [0.15, 0.2) is 0 Å². The van der Waals surface area contributed by atoms with Gasteiger partial charge in [0.25, 0.3) is 0 Å². The third kappa shape index (κ3) is 3.94. The van der Waals surface area contributed by atoms with Crippen LogP contribution in [0.25, 0.3) is 0 Å². The fourth-order valence-electron chi connectivity index (χ4n) is 5.06. The molecule has 11 heteroatoms. The van der Waals surface area contributed by atoms with Crippen molar-refractivity contribution in [1.82, 2.24) is 0 Å². The van der Waals surface area contributed by atoms with Gasteiger partial charge in [0, 0.05) is 35.0 Å². The Kier molecular flexibility index (Phi) is 6.75. The minimum atomic E-state index is -3.67. The largest absolute Gasteiger partial charge is 0.461 e. The Bertz CT molecular complexity index is 995. The molecule has 32 heavy (non-hydrogen) atoms. The van der Waals surface area contributed by atoms with Gasteiger partial charge in [-0.2, -0.15) is 8.78 Å². The molecule has 1 aromatic rings. The molecule has 1 aromatic carbocycles. The predicted octanol–water partition coefficient (Wildman–Crippen LogP) is 4.53. The quantitative estimate of drug-likeness (QED) is 0.189. The van der Waals surface area contributed by atoms with E-state index in [2.05, 4.69) is 67.8 Å². The fraction of sp³-hybridized carbons (Fsp3) is 0.571. The summed E-state index contributed by atoms with van der Waals surface area (Å²) in [5, 5.41) is 0. The van der Waals surface area contributed by atoms with Crippen molar-refractivity contribution < 1.29 is 37.4 Å². The van der Waals surface area contributed by atoms with Crippen molar-refractivity contribution in [2.45, 2.75) is 51.9 Å². The average Bonchev–Trinajstić information content (AvgIpc) is 3.33. The number of carbonyl (C=O) groups excluding carboxylic acids is 3. The predicted molar refractivity (Wildman–Crippen MR) is 133 cm³/mol. The number of rotatable bonds is 5. The van der Waals surface area contributed by atoms with E-state index in [1.54, 1.807) is 0 Å². The molecule has 2 saturated carbocycles. The Morgan fingerprint density at radius 3 is 2.34 bits per heavy atom. The molecule has 0 spiro atoms. The Morgan fingerprint density at radius 2 is 1.72 bits per heavy atom. The van der Waals surface area contributed by atoms with Crippen LogP contribution in [-0.2, 0) is 35.2 Å². The van der Waals surface area contributed by atoms with Gasteiger partial charge in [0.1, 0.15) is 18.8 Å². The zero-order valence-electron chi connectivity index (χ0n) is 17.2. The lowest BCUT2D eigenvalue weighted by Crippen LogP contribution is -2.45. The Labute approximate surface area is 224 Å². The second kappa shape index (κ2) is 8.72. The van der Waals surface area contributed by atoms with E-state index in [9.17, 15) is 23.2 Å². The van der Waals surface area contributed by atoms with Gasteiger partial charge in [-0.3, -0.25) is 9.59 Å². The van der Waals surface area contributed by atoms with Crippen LogP contribution in [0.4, 0.5) is 8.78 Å². The second-order valence-electron chi connectivity index (χ2n) is 8.55. The fourth-order valence-corrected chi connectivity index (χ4v) is 7.81. The van der Waals surface area contributed by atoms with Gasteiger partial charge >= 0.3 is 23.8 Å². The molecular weight excluding hydrogens is 767 g/mol. The summed E-state index contributed by atoms with van der Waals surface area (Å²) in [5.74, 6) is -8.99. The number of hydrogen-bond donors (Lipinski definition) is 0. The Morgan fingerprint density at radius 1 is 1.09 bits per heavy atom. The summed E-state index contributed by atoms with van der Waals surface area (Å²) in [6.45, 7) is 4.45. The van der Waals surface area contributed by atoms with Crippen LogP contribution >= 0.6 is 67.8 Å². The molecule has 4 rings (SSSR count). The van der Waals surface area contributed by atoms with E-state index < -0.39 is 53.8 Å². The van der Waals surface area contributed by atoms with E-state index in [4.69, 9.17) is 14.2 Å². The van der Waals surface area contributed by atoms with Crippen molar-refractivity contribution in [3.63, 3.8) is 0 Å². The number of hydrogen-bond acceptors (Lipinski definition) is 6. The van der Waals surface area contributed by atoms with E-state index in [0.29, 0.717) is 13.3 Å². The molecule has 0 radical (unpaired) electrons. The summed E-state index contributed by atoms with van der Waals surface area (Å²) in [5.41, 5.74) is 3.01. The van der Waals surface area contributed by atoms with Crippen molar-refractivity contribution in [2.24, 2.45) is 23.7 Å². The number of alkyl halides is 2. The maximum Gasteiger partial charge on any atom is 0.377 e. The van der Waals surface area contributed by atoms with E-state index >= 15 is 0 Å². The first-order valence-electron chi connectivity index (χ1n) is 9.93. The van der Waals surface area contributed by atoms with Crippen LogP contribution < -0.4 is 0 Å².